The van der Waals surface area contributed by atoms with Crippen LogP contribution in [0.1, 0.15) is 30.2 Å². The average molecular weight is 380 g/mol. The van der Waals surface area contributed by atoms with E-state index in [9.17, 15) is 4.79 Å². The molecule has 1 aromatic carbocycles. The van der Waals surface area contributed by atoms with Gasteiger partial charge in [0.2, 0.25) is 0 Å². The van der Waals surface area contributed by atoms with Crippen molar-refractivity contribution in [2.24, 2.45) is 0 Å². The third-order valence-electron chi connectivity index (χ3n) is 5.36. The van der Waals surface area contributed by atoms with Crippen LogP contribution in [-0.4, -0.2) is 43.7 Å². The first-order chi connectivity index (χ1) is 13.7. The minimum absolute atomic E-state index is 0.184. The second kappa shape index (κ2) is 8.61. The van der Waals surface area contributed by atoms with E-state index in [-0.39, 0.29) is 5.97 Å². The number of carbonyl (C=O) groups excluding carboxylic acids is 1. The van der Waals surface area contributed by atoms with Gasteiger partial charge in [0, 0.05) is 49.3 Å². The van der Waals surface area contributed by atoms with Crippen molar-refractivity contribution in [2.45, 2.75) is 32.6 Å². The van der Waals surface area contributed by atoms with Gasteiger partial charge in [-0.15, -0.1) is 0 Å². The number of rotatable bonds is 6. The van der Waals surface area contributed by atoms with Crippen molar-refractivity contribution in [1.29, 1.82) is 0 Å². The molecule has 1 aliphatic carbocycles. The normalized spacial score (nSPS) is 16.0. The van der Waals surface area contributed by atoms with Gasteiger partial charge in [-0.2, -0.15) is 0 Å². The number of esters is 1. The largest absolute Gasteiger partial charge is 0.466 e. The maximum Gasteiger partial charge on any atom is 0.310 e. The summed E-state index contributed by atoms with van der Waals surface area (Å²) in [5, 5.41) is 6.99. The van der Waals surface area contributed by atoms with Gasteiger partial charge in [-0.3, -0.25) is 4.79 Å². The number of nitrogens with one attached hydrogen (secondary N) is 2. The maximum absolute atomic E-state index is 11.7. The van der Waals surface area contributed by atoms with Crippen LogP contribution in [0.2, 0.25) is 0 Å². The Labute approximate surface area is 166 Å². The number of pyridine rings is 1. The van der Waals surface area contributed by atoms with Gasteiger partial charge < -0.3 is 20.3 Å². The summed E-state index contributed by atoms with van der Waals surface area (Å²) in [5.74, 6) is 0.888. The molecule has 6 heteroatoms. The Morgan fingerprint density at radius 2 is 2.00 bits per heavy atom. The molecule has 1 saturated heterocycles. The maximum atomic E-state index is 11.7. The van der Waals surface area contributed by atoms with Crippen LogP contribution in [0.15, 0.2) is 30.3 Å². The van der Waals surface area contributed by atoms with Gasteiger partial charge in [0.1, 0.15) is 5.82 Å². The fraction of sp³-hybridized carbons (Fsp3) is 0.455. The summed E-state index contributed by atoms with van der Waals surface area (Å²) >= 11 is 0. The van der Waals surface area contributed by atoms with Crippen molar-refractivity contribution in [2.75, 3.05) is 43.0 Å². The summed E-state index contributed by atoms with van der Waals surface area (Å²) in [6, 6.07) is 10.2. The van der Waals surface area contributed by atoms with Crippen molar-refractivity contribution in [3.63, 3.8) is 0 Å². The average Bonchev–Trinajstić information content (AvgIpc) is 3.19. The minimum atomic E-state index is -0.184. The molecular weight excluding hydrogens is 352 g/mol. The predicted molar refractivity (Wildman–Crippen MR) is 111 cm³/mol. The van der Waals surface area contributed by atoms with Gasteiger partial charge in [-0.1, -0.05) is 12.1 Å². The number of anilines is 3. The summed E-state index contributed by atoms with van der Waals surface area (Å²) in [4.78, 5) is 19.0. The Bertz CT molecular complexity index is 829. The Balaban J connectivity index is 1.52. The van der Waals surface area contributed by atoms with Crippen LogP contribution in [0.25, 0.3) is 0 Å². The Hall–Kier alpha value is -2.60. The SMILES string of the molecule is CCOC(=O)Cc1ccc(Nc2cc(N3CCNCC3)nc3c2CCC3)cc1. The standard InChI is InChI=1S/C22H28N4O2/c1-2-28-22(27)14-16-6-8-17(9-7-16)24-20-15-21(26-12-10-23-11-13-26)25-19-5-3-4-18(19)20/h6-9,15,23H,2-5,10-14H2,1H3,(H,24,25). The van der Waals surface area contributed by atoms with Gasteiger partial charge >= 0.3 is 5.97 Å². The first kappa shape index (κ1) is 18.7. The van der Waals surface area contributed by atoms with Gasteiger partial charge in [0.15, 0.2) is 0 Å². The molecule has 0 saturated carbocycles. The van der Waals surface area contributed by atoms with Crippen molar-refractivity contribution >= 4 is 23.2 Å². The molecule has 2 heterocycles. The summed E-state index contributed by atoms with van der Waals surface area (Å²) in [5.41, 5.74) is 5.73. The molecule has 6 nitrogen and oxygen atoms in total. The molecule has 0 amide bonds. The predicted octanol–water partition coefficient (Wildman–Crippen LogP) is 2.83. The molecule has 2 N–H and O–H groups in total. The number of aromatic nitrogens is 1. The Morgan fingerprint density at radius 3 is 2.75 bits per heavy atom. The third-order valence-corrected chi connectivity index (χ3v) is 5.36. The van der Waals surface area contributed by atoms with Gasteiger partial charge in [0.25, 0.3) is 0 Å². The van der Waals surface area contributed by atoms with Crippen LogP contribution >= 0.6 is 0 Å². The zero-order chi connectivity index (χ0) is 19.3. The quantitative estimate of drug-likeness (QED) is 0.752. The Morgan fingerprint density at radius 1 is 1.21 bits per heavy atom. The number of aryl methyl sites for hydroxylation is 1. The molecule has 0 spiro atoms. The molecule has 2 aromatic rings. The second-order valence-corrected chi connectivity index (χ2v) is 7.35. The van der Waals surface area contributed by atoms with E-state index >= 15 is 0 Å². The van der Waals surface area contributed by atoms with E-state index in [2.05, 4.69) is 21.6 Å². The number of ether oxygens (including phenoxy) is 1. The number of hydrogen-bond donors (Lipinski definition) is 2. The van der Waals surface area contributed by atoms with Crippen LogP contribution in [0.5, 0.6) is 0 Å². The van der Waals surface area contributed by atoms with E-state index < -0.39 is 0 Å². The second-order valence-electron chi connectivity index (χ2n) is 7.35. The summed E-state index contributed by atoms with van der Waals surface area (Å²) in [6.07, 6.45) is 3.61. The molecule has 0 radical (unpaired) electrons. The summed E-state index contributed by atoms with van der Waals surface area (Å²) in [7, 11) is 0. The van der Waals surface area contributed by atoms with E-state index in [1.54, 1.807) is 0 Å². The zero-order valence-electron chi connectivity index (χ0n) is 16.5. The van der Waals surface area contributed by atoms with Crippen molar-refractivity contribution in [3.8, 4) is 0 Å². The van der Waals surface area contributed by atoms with E-state index in [0.717, 1.165) is 61.8 Å². The highest BCUT2D eigenvalue weighted by Crippen LogP contribution is 2.33. The van der Waals surface area contributed by atoms with E-state index in [0.29, 0.717) is 13.0 Å². The lowest BCUT2D eigenvalue weighted by molar-refractivity contribution is -0.142. The molecule has 0 unspecified atom stereocenters. The van der Waals surface area contributed by atoms with Crippen molar-refractivity contribution in [3.05, 3.63) is 47.2 Å². The monoisotopic (exact) mass is 380 g/mol. The Kier molecular flexibility index (Phi) is 5.76. The molecule has 4 rings (SSSR count). The van der Waals surface area contributed by atoms with Crippen LogP contribution < -0.4 is 15.5 Å². The highest BCUT2D eigenvalue weighted by Gasteiger charge is 2.21. The topological polar surface area (TPSA) is 66.5 Å². The van der Waals surface area contributed by atoms with Crippen LogP contribution in [-0.2, 0) is 28.8 Å². The third kappa shape index (κ3) is 4.28. The molecule has 1 aliphatic heterocycles. The van der Waals surface area contributed by atoms with Gasteiger partial charge in [-0.25, -0.2) is 4.98 Å². The number of fused-ring (bicyclic) bond motifs is 1. The van der Waals surface area contributed by atoms with Crippen LogP contribution in [0.3, 0.4) is 0 Å². The minimum Gasteiger partial charge on any atom is -0.466 e. The number of piperazine rings is 1. The number of nitrogens with zero attached hydrogens (tertiary/aromatic N) is 2. The van der Waals surface area contributed by atoms with Crippen LogP contribution in [0, 0.1) is 0 Å². The van der Waals surface area contributed by atoms with E-state index in [1.807, 2.05) is 31.2 Å². The molecular formula is C22H28N4O2. The van der Waals surface area contributed by atoms with E-state index in [1.165, 1.54) is 17.7 Å². The number of carbonyl (C=O) groups is 1. The summed E-state index contributed by atoms with van der Waals surface area (Å²) < 4.78 is 5.02. The van der Waals surface area contributed by atoms with Crippen LogP contribution in [0.4, 0.5) is 17.2 Å². The molecule has 2 aliphatic rings. The number of hydrogen-bond acceptors (Lipinski definition) is 6. The molecule has 1 aromatic heterocycles. The van der Waals surface area contributed by atoms with Crippen molar-refractivity contribution in [1.82, 2.24) is 10.3 Å². The lowest BCUT2D eigenvalue weighted by Crippen LogP contribution is -2.44. The lowest BCUT2D eigenvalue weighted by Gasteiger charge is -2.29. The molecule has 28 heavy (non-hydrogen) atoms. The van der Waals surface area contributed by atoms with E-state index in [4.69, 9.17) is 9.72 Å². The molecule has 0 bridgehead atoms. The zero-order valence-corrected chi connectivity index (χ0v) is 16.5. The van der Waals surface area contributed by atoms with Crippen molar-refractivity contribution < 1.29 is 9.53 Å². The van der Waals surface area contributed by atoms with Gasteiger partial charge in [0.05, 0.1) is 13.0 Å². The first-order valence-corrected chi connectivity index (χ1v) is 10.2. The highest BCUT2D eigenvalue weighted by atomic mass is 16.5. The smallest absolute Gasteiger partial charge is 0.310 e. The molecule has 0 atom stereocenters. The lowest BCUT2D eigenvalue weighted by atomic mass is 10.1. The first-order valence-electron chi connectivity index (χ1n) is 10.2. The molecule has 148 valence electrons. The van der Waals surface area contributed by atoms with Gasteiger partial charge in [-0.05, 0) is 49.4 Å². The molecule has 1 fully saturated rings. The highest BCUT2D eigenvalue weighted by molar-refractivity contribution is 5.73. The summed E-state index contributed by atoms with van der Waals surface area (Å²) in [6.45, 7) is 6.24. The number of benzene rings is 1. The fourth-order valence-electron chi connectivity index (χ4n) is 3.94. The fourth-order valence-corrected chi connectivity index (χ4v) is 3.94.